The maximum Gasteiger partial charge on any atom is 0.166 e. The van der Waals surface area contributed by atoms with Crippen molar-refractivity contribution >= 4 is 17.3 Å². The van der Waals surface area contributed by atoms with E-state index in [1.807, 2.05) is 0 Å². The predicted molar refractivity (Wildman–Crippen MR) is 80.0 cm³/mol. The minimum absolute atomic E-state index is 0.626. The van der Waals surface area contributed by atoms with Gasteiger partial charge >= 0.3 is 0 Å². The Kier molecular flexibility index (Phi) is 6.21. The van der Waals surface area contributed by atoms with Crippen LogP contribution in [0.1, 0.15) is 51.4 Å². The van der Waals surface area contributed by atoms with E-state index in [4.69, 9.17) is 12.2 Å². The molecule has 0 radical (unpaired) electrons. The third kappa shape index (κ3) is 5.11. The van der Waals surface area contributed by atoms with Crippen LogP contribution in [0.3, 0.4) is 0 Å². The summed E-state index contributed by atoms with van der Waals surface area (Å²) in [6.07, 6.45) is 10.9. The van der Waals surface area contributed by atoms with Crippen LogP contribution in [0.5, 0.6) is 0 Å². The molecule has 0 spiro atoms. The van der Waals surface area contributed by atoms with E-state index < -0.39 is 0 Å². The third-order valence-electron chi connectivity index (χ3n) is 4.27. The molecule has 104 valence electrons. The summed E-state index contributed by atoms with van der Waals surface area (Å²) in [6, 6.07) is 0.626. The molecule has 2 aliphatic rings. The highest BCUT2D eigenvalue weighted by Gasteiger charge is 2.15. The molecule has 4 heteroatoms. The molecule has 3 nitrogen and oxygen atoms in total. The molecule has 1 aliphatic heterocycles. The van der Waals surface area contributed by atoms with Crippen molar-refractivity contribution in [3.8, 4) is 0 Å². The Hall–Kier alpha value is -0.350. The van der Waals surface area contributed by atoms with E-state index in [1.165, 1.54) is 71.0 Å². The normalized spacial score (nSPS) is 22.7. The van der Waals surface area contributed by atoms with Gasteiger partial charge in [-0.25, -0.2) is 0 Å². The monoisotopic (exact) mass is 270 g/mol. The van der Waals surface area contributed by atoms with Crippen molar-refractivity contribution in [2.24, 2.45) is 0 Å². The summed E-state index contributed by atoms with van der Waals surface area (Å²) < 4.78 is 0. The van der Waals surface area contributed by atoms with Crippen molar-refractivity contribution in [1.82, 2.24) is 10.6 Å². The van der Waals surface area contributed by atoms with Crippen LogP contribution in [-0.2, 0) is 0 Å². The molecule has 2 fully saturated rings. The van der Waals surface area contributed by atoms with Gasteiger partial charge < -0.3 is 15.5 Å². The maximum absolute atomic E-state index is 5.37. The second kappa shape index (κ2) is 7.95. The quantitative estimate of drug-likeness (QED) is 0.662. The number of nitrogens with one attached hydrogen (secondary N) is 3. The van der Waals surface area contributed by atoms with E-state index >= 15 is 0 Å². The first kappa shape index (κ1) is 14.1. The summed E-state index contributed by atoms with van der Waals surface area (Å²) >= 11 is 5.37. The molecule has 2 rings (SSSR count). The summed E-state index contributed by atoms with van der Waals surface area (Å²) in [5.41, 5.74) is 0. The van der Waals surface area contributed by atoms with Gasteiger partial charge in [0.1, 0.15) is 0 Å². The molecule has 0 amide bonds. The molecule has 1 aliphatic carbocycles. The van der Waals surface area contributed by atoms with Gasteiger partial charge in [0.15, 0.2) is 5.11 Å². The van der Waals surface area contributed by atoms with Gasteiger partial charge in [0.05, 0.1) is 26.2 Å². The first-order chi connectivity index (χ1) is 8.84. The van der Waals surface area contributed by atoms with Crippen molar-refractivity contribution in [1.29, 1.82) is 0 Å². The molecule has 0 aromatic heterocycles. The number of quaternary nitrogens is 1. The van der Waals surface area contributed by atoms with Crippen molar-refractivity contribution in [3.05, 3.63) is 0 Å². The van der Waals surface area contributed by atoms with Crippen molar-refractivity contribution in [2.75, 3.05) is 26.2 Å². The van der Waals surface area contributed by atoms with Crippen LogP contribution in [0.2, 0.25) is 0 Å². The van der Waals surface area contributed by atoms with Crippen LogP contribution >= 0.6 is 12.2 Å². The van der Waals surface area contributed by atoms with Crippen LogP contribution in [0.25, 0.3) is 0 Å². The van der Waals surface area contributed by atoms with Gasteiger partial charge in [-0.3, -0.25) is 0 Å². The molecule has 3 N–H and O–H groups in total. The van der Waals surface area contributed by atoms with E-state index in [-0.39, 0.29) is 0 Å². The van der Waals surface area contributed by atoms with Crippen LogP contribution in [-0.4, -0.2) is 37.3 Å². The summed E-state index contributed by atoms with van der Waals surface area (Å²) in [7, 11) is 0. The summed E-state index contributed by atoms with van der Waals surface area (Å²) in [4.78, 5) is 1.74. The summed E-state index contributed by atoms with van der Waals surface area (Å²) in [6.45, 7) is 4.94. The van der Waals surface area contributed by atoms with Gasteiger partial charge in [-0.05, 0) is 44.3 Å². The lowest BCUT2D eigenvalue weighted by Crippen LogP contribution is -3.13. The standard InChI is InChI=1S/C14H27N3S/c18-14(16-13-7-3-1-4-8-13)15-9-12-17-10-5-2-6-11-17/h13H,1-12H2,(H2,15,16,18)/p+1. The minimum atomic E-state index is 0.626. The Morgan fingerprint density at radius 2 is 1.67 bits per heavy atom. The van der Waals surface area contributed by atoms with Gasteiger partial charge in [0.2, 0.25) is 0 Å². The zero-order valence-electron chi connectivity index (χ0n) is 11.5. The van der Waals surface area contributed by atoms with Gasteiger partial charge in [-0.15, -0.1) is 0 Å². The molecule has 0 aromatic carbocycles. The number of hydrogen-bond donors (Lipinski definition) is 3. The number of hydrogen-bond acceptors (Lipinski definition) is 1. The number of thiocarbonyl (C=S) groups is 1. The first-order valence-corrected chi connectivity index (χ1v) is 8.13. The lowest BCUT2D eigenvalue weighted by atomic mass is 9.96. The van der Waals surface area contributed by atoms with Crippen LogP contribution in [0.4, 0.5) is 0 Å². The van der Waals surface area contributed by atoms with Crippen LogP contribution < -0.4 is 15.5 Å². The largest absolute Gasteiger partial charge is 0.360 e. The highest BCUT2D eigenvalue weighted by atomic mass is 32.1. The van der Waals surface area contributed by atoms with Crippen molar-refractivity contribution < 1.29 is 4.90 Å². The van der Waals surface area contributed by atoms with Gasteiger partial charge in [-0.2, -0.15) is 0 Å². The average Bonchev–Trinajstić information content (AvgIpc) is 2.41. The van der Waals surface area contributed by atoms with Crippen molar-refractivity contribution in [2.45, 2.75) is 57.4 Å². The topological polar surface area (TPSA) is 28.5 Å². The van der Waals surface area contributed by atoms with Crippen molar-refractivity contribution in [3.63, 3.8) is 0 Å². The number of piperidine rings is 1. The summed E-state index contributed by atoms with van der Waals surface area (Å²) in [5, 5.41) is 7.72. The maximum atomic E-state index is 5.37. The van der Waals surface area contributed by atoms with Gasteiger partial charge in [0.25, 0.3) is 0 Å². The Morgan fingerprint density at radius 3 is 2.39 bits per heavy atom. The fraction of sp³-hybridized carbons (Fsp3) is 0.929. The highest BCUT2D eigenvalue weighted by Crippen LogP contribution is 2.17. The fourth-order valence-corrected chi connectivity index (χ4v) is 3.41. The summed E-state index contributed by atoms with van der Waals surface area (Å²) in [5.74, 6) is 0. The smallest absolute Gasteiger partial charge is 0.166 e. The Balaban J connectivity index is 1.53. The molecule has 0 aromatic rings. The molecular weight excluding hydrogens is 242 g/mol. The molecule has 18 heavy (non-hydrogen) atoms. The Bertz CT molecular complexity index is 245. The zero-order valence-corrected chi connectivity index (χ0v) is 12.3. The highest BCUT2D eigenvalue weighted by molar-refractivity contribution is 7.80. The van der Waals surface area contributed by atoms with E-state index in [0.29, 0.717) is 6.04 Å². The Morgan fingerprint density at radius 1 is 1.00 bits per heavy atom. The number of likely N-dealkylation sites (tertiary alicyclic amines) is 1. The lowest BCUT2D eigenvalue weighted by Gasteiger charge is -2.26. The average molecular weight is 270 g/mol. The van der Waals surface area contributed by atoms with Crippen LogP contribution in [0.15, 0.2) is 0 Å². The Labute approximate surface area is 117 Å². The zero-order chi connectivity index (χ0) is 12.6. The minimum Gasteiger partial charge on any atom is -0.360 e. The van der Waals surface area contributed by atoms with Gasteiger partial charge in [0, 0.05) is 6.04 Å². The lowest BCUT2D eigenvalue weighted by molar-refractivity contribution is -0.903. The SMILES string of the molecule is S=C(NCC[NH+]1CCCCC1)NC1CCCCC1. The van der Waals surface area contributed by atoms with Crippen LogP contribution in [0, 0.1) is 0 Å². The van der Waals surface area contributed by atoms with E-state index in [1.54, 1.807) is 4.90 Å². The molecule has 0 bridgehead atoms. The van der Waals surface area contributed by atoms with Gasteiger partial charge in [-0.1, -0.05) is 19.3 Å². The third-order valence-corrected chi connectivity index (χ3v) is 4.53. The molecule has 1 saturated heterocycles. The second-order valence-electron chi connectivity index (χ2n) is 5.80. The molecule has 0 atom stereocenters. The molecular formula is C14H28N3S+. The van der Waals surface area contributed by atoms with E-state index in [0.717, 1.165) is 11.7 Å². The van der Waals surface area contributed by atoms with E-state index in [9.17, 15) is 0 Å². The second-order valence-corrected chi connectivity index (χ2v) is 6.20. The van der Waals surface area contributed by atoms with E-state index in [2.05, 4.69) is 10.6 Å². The molecule has 1 saturated carbocycles. The molecule has 1 heterocycles. The number of rotatable bonds is 4. The first-order valence-electron chi connectivity index (χ1n) is 7.72. The predicted octanol–water partition coefficient (Wildman–Crippen LogP) is 0.852. The molecule has 0 unspecified atom stereocenters. The fourth-order valence-electron chi connectivity index (χ4n) is 3.14.